The van der Waals surface area contributed by atoms with E-state index in [0.29, 0.717) is 5.69 Å². The Morgan fingerprint density at radius 3 is 2.39 bits per heavy atom. The third-order valence-corrected chi connectivity index (χ3v) is 5.12. The molecule has 0 bridgehead atoms. The lowest BCUT2D eigenvalue weighted by atomic mass is 10.1. The first-order valence-electron chi connectivity index (χ1n) is 8.84. The molecule has 28 heavy (non-hydrogen) atoms. The topological polar surface area (TPSA) is 61.6 Å². The fraction of sp³-hybridized carbons (Fsp3) is 0.0870. The van der Waals surface area contributed by atoms with Crippen LogP contribution in [0.4, 0.5) is 11.4 Å². The zero-order valence-electron chi connectivity index (χ0n) is 15.5. The summed E-state index contributed by atoms with van der Waals surface area (Å²) in [6.07, 6.45) is 1.72. The first-order valence-corrected chi connectivity index (χ1v) is 9.64. The number of benzene rings is 2. The number of rotatable bonds is 3. The second kappa shape index (κ2) is 7.41. The molecule has 1 N–H and O–H groups in total. The maximum Gasteiger partial charge on any atom is 0.140 e. The van der Waals surface area contributed by atoms with E-state index in [-0.39, 0.29) is 0 Å². The highest BCUT2D eigenvalue weighted by atomic mass is 79.9. The van der Waals surface area contributed by atoms with E-state index in [1.54, 1.807) is 12.3 Å². The lowest BCUT2D eigenvalue weighted by molar-refractivity contribution is 1.25. The van der Waals surface area contributed by atoms with Crippen LogP contribution in [0, 0.1) is 25.2 Å². The van der Waals surface area contributed by atoms with Gasteiger partial charge in [-0.05, 0) is 83.4 Å². The minimum atomic E-state index is 0.420. The second-order valence-electron chi connectivity index (χ2n) is 6.70. The van der Waals surface area contributed by atoms with Crippen LogP contribution in [-0.2, 0) is 0 Å². The zero-order chi connectivity index (χ0) is 19.7. The molecule has 4 rings (SSSR count). The van der Waals surface area contributed by atoms with Crippen molar-refractivity contribution in [2.24, 2.45) is 0 Å². The second-order valence-corrected chi connectivity index (χ2v) is 7.55. The van der Waals surface area contributed by atoms with E-state index in [4.69, 9.17) is 5.26 Å². The lowest BCUT2D eigenvalue weighted by Crippen LogP contribution is -1.96. The van der Waals surface area contributed by atoms with Gasteiger partial charge >= 0.3 is 0 Å². The zero-order valence-corrected chi connectivity index (χ0v) is 17.1. The number of aromatic nitrogens is 2. The van der Waals surface area contributed by atoms with Gasteiger partial charge in [0.1, 0.15) is 11.8 Å². The van der Waals surface area contributed by atoms with E-state index in [1.165, 1.54) is 5.56 Å². The normalized spacial score (nSPS) is 10.6. The minimum Gasteiger partial charge on any atom is -0.355 e. The Hall–Kier alpha value is -3.23. The van der Waals surface area contributed by atoms with Crippen LogP contribution in [-0.4, -0.2) is 9.97 Å². The Balaban J connectivity index is 1.67. The predicted molar refractivity (Wildman–Crippen MR) is 117 cm³/mol. The molecule has 0 atom stereocenters. The van der Waals surface area contributed by atoms with Gasteiger partial charge in [0, 0.05) is 38.7 Å². The summed E-state index contributed by atoms with van der Waals surface area (Å²) in [5, 5.41) is 13.5. The SMILES string of the molecule is Cc1cc(Br)c2nc(C)cc(Nc3ccc(-c4ccc(C#N)nc4)cc3)c2c1. The monoisotopic (exact) mass is 428 g/mol. The van der Waals surface area contributed by atoms with Crippen molar-refractivity contribution in [1.29, 1.82) is 5.26 Å². The van der Waals surface area contributed by atoms with Crippen LogP contribution in [0.2, 0.25) is 0 Å². The summed E-state index contributed by atoms with van der Waals surface area (Å²) in [7, 11) is 0. The van der Waals surface area contributed by atoms with Crippen LogP contribution in [0.25, 0.3) is 22.0 Å². The van der Waals surface area contributed by atoms with Gasteiger partial charge in [-0.15, -0.1) is 0 Å². The van der Waals surface area contributed by atoms with Crippen LogP contribution < -0.4 is 5.32 Å². The minimum absolute atomic E-state index is 0.420. The summed E-state index contributed by atoms with van der Waals surface area (Å²) in [6, 6.07) is 20.1. The number of aryl methyl sites for hydroxylation is 2. The number of halogens is 1. The van der Waals surface area contributed by atoms with Crippen molar-refractivity contribution in [3.8, 4) is 17.2 Å². The quantitative estimate of drug-likeness (QED) is 0.416. The molecule has 0 saturated heterocycles. The largest absolute Gasteiger partial charge is 0.355 e. The van der Waals surface area contributed by atoms with Gasteiger partial charge in [-0.2, -0.15) is 5.26 Å². The summed E-state index contributed by atoms with van der Waals surface area (Å²) >= 11 is 3.63. The molecule has 0 unspecified atom stereocenters. The van der Waals surface area contributed by atoms with Crippen molar-refractivity contribution in [3.63, 3.8) is 0 Å². The molecule has 2 aromatic heterocycles. The van der Waals surface area contributed by atoms with Crippen molar-refractivity contribution >= 4 is 38.2 Å². The van der Waals surface area contributed by atoms with Gasteiger partial charge in [-0.25, -0.2) is 4.98 Å². The molecule has 0 fully saturated rings. The Bertz CT molecular complexity index is 1210. The van der Waals surface area contributed by atoms with E-state index >= 15 is 0 Å². The molecule has 5 heteroatoms. The average Bonchev–Trinajstić information content (AvgIpc) is 2.69. The molecule has 136 valence electrons. The Kier molecular flexibility index (Phi) is 4.81. The van der Waals surface area contributed by atoms with Crippen LogP contribution in [0.5, 0.6) is 0 Å². The van der Waals surface area contributed by atoms with Gasteiger partial charge in [0.15, 0.2) is 0 Å². The van der Waals surface area contributed by atoms with Crippen molar-refractivity contribution in [1.82, 2.24) is 9.97 Å². The Morgan fingerprint density at radius 1 is 0.964 bits per heavy atom. The van der Waals surface area contributed by atoms with Crippen LogP contribution in [0.1, 0.15) is 17.0 Å². The van der Waals surface area contributed by atoms with Crippen LogP contribution in [0.3, 0.4) is 0 Å². The number of fused-ring (bicyclic) bond motifs is 1. The first-order chi connectivity index (χ1) is 13.5. The number of nitriles is 1. The highest BCUT2D eigenvalue weighted by Gasteiger charge is 2.09. The molecule has 0 spiro atoms. The molecule has 0 aliphatic carbocycles. The summed E-state index contributed by atoms with van der Waals surface area (Å²) in [5.41, 5.74) is 7.56. The summed E-state index contributed by atoms with van der Waals surface area (Å²) in [6.45, 7) is 4.08. The fourth-order valence-electron chi connectivity index (χ4n) is 3.18. The molecule has 0 saturated carbocycles. The number of pyridine rings is 2. The fourth-order valence-corrected chi connectivity index (χ4v) is 3.85. The van der Waals surface area contributed by atoms with Crippen molar-refractivity contribution in [2.75, 3.05) is 5.32 Å². The number of nitrogens with zero attached hydrogens (tertiary/aromatic N) is 3. The Morgan fingerprint density at radius 2 is 1.71 bits per heavy atom. The standard InChI is InChI=1S/C23H17BrN4/c1-14-9-20-22(11-15(2)27-23(20)21(24)10-14)28-18-6-3-16(4-7-18)17-5-8-19(12-25)26-13-17/h3-11,13H,1-2H3,(H,27,28). The van der Waals surface area contributed by atoms with Gasteiger partial charge in [0.2, 0.25) is 0 Å². The smallest absolute Gasteiger partial charge is 0.140 e. The third kappa shape index (κ3) is 3.60. The molecule has 2 aromatic carbocycles. The third-order valence-electron chi connectivity index (χ3n) is 4.51. The molecule has 2 heterocycles. The number of nitrogens with one attached hydrogen (secondary N) is 1. The highest BCUT2D eigenvalue weighted by Crippen LogP contribution is 2.32. The Labute approximate surface area is 172 Å². The van der Waals surface area contributed by atoms with E-state index in [0.717, 1.165) is 43.6 Å². The first kappa shape index (κ1) is 18.1. The van der Waals surface area contributed by atoms with Gasteiger partial charge < -0.3 is 5.32 Å². The molecular weight excluding hydrogens is 412 g/mol. The van der Waals surface area contributed by atoms with E-state index in [9.17, 15) is 0 Å². The van der Waals surface area contributed by atoms with E-state index in [1.807, 2.05) is 43.3 Å². The van der Waals surface area contributed by atoms with Crippen molar-refractivity contribution < 1.29 is 0 Å². The van der Waals surface area contributed by atoms with Gasteiger partial charge in [-0.3, -0.25) is 4.98 Å². The molecule has 4 nitrogen and oxygen atoms in total. The van der Waals surface area contributed by atoms with Gasteiger partial charge in [0.05, 0.1) is 5.52 Å². The van der Waals surface area contributed by atoms with Crippen LogP contribution >= 0.6 is 15.9 Å². The molecular formula is C23H17BrN4. The summed E-state index contributed by atoms with van der Waals surface area (Å²) in [5.74, 6) is 0. The number of hydrogen-bond donors (Lipinski definition) is 1. The van der Waals surface area contributed by atoms with Crippen molar-refractivity contribution in [3.05, 3.63) is 82.2 Å². The molecule has 0 amide bonds. The molecule has 0 aliphatic heterocycles. The van der Waals surface area contributed by atoms with Crippen LogP contribution in [0.15, 0.2) is 65.3 Å². The van der Waals surface area contributed by atoms with E-state index in [2.05, 4.69) is 56.3 Å². The molecule has 4 aromatic rings. The number of anilines is 2. The van der Waals surface area contributed by atoms with E-state index < -0.39 is 0 Å². The van der Waals surface area contributed by atoms with Gasteiger partial charge in [-0.1, -0.05) is 12.1 Å². The molecule has 0 aliphatic rings. The summed E-state index contributed by atoms with van der Waals surface area (Å²) in [4.78, 5) is 8.81. The maximum atomic E-state index is 8.88. The summed E-state index contributed by atoms with van der Waals surface area (Å²) < 4.78 is 0.998. The molecule has 0 radical (unpaired) electrons. The average molecular weight is 429 g/mol. The highest BCUT2D eigenvalue weighted by molar-refractivity contribution is 9.10. The van der Waals surface area contributed by atoms with Crippen molar-refractivity contribution in [2.45, 2.75) is 13.8 Å². The number of hydrogen-bond acceptors (Lipinski definition) is 4. The maximum absolute atomic E-state index is 8.88. The lowest BCUT2D eigenvalue weighted by Gasteiger charge is -2.13. The van der Waals surface area contributed by atoms with Gasteiger partial charge in [0.25, 0.3) is 0 Å². The predicted octanol–water partition coefficient (Wildman–Crippen LogP) is 6.29.